The summed E-state index contributed by atoms with van der Waals surface area (Å²) in [4.78, 5) is 8.73. The molecule has 2 heterocycles. The van der Waals surface area contributed by atoms with Gasteiger partial charge < -0.3 is 5.73 Å². The number of anilines is 1. The van der Waals surface area contributed by atoms with E-state index < -0.39 is 0 Å². The summed E-state index contributed by atoms with van der Waals surface area (Å²) >= 11 is 0. The van der Waals surface area contributed by atoms with Crippen molar-refractivity contribution in [1.29, 1.82) is 0 Å². The van der Waals surface area contributed by atoms with Crippen molar-refractivity contribution < 1.29 is 0 Å². The molecule has 0 aliphatic rings. The van der Waals surface area contributed by atoms with Gasteiger partial charge in [-0.05, 0) is 6.92 Å². The molecule has 0 aliphatic heterocycles. The maximum Gasteiger partial charge on any atom is 0.133 e. The second kappa shape index (κ2) is 4.53. The zero-order valence-electron chi connectivity index (χ0n) is 10.4. The first-order valence-electron chi connectivity index (χ1n) is 5.77. The summed E-state index contributed by atoms with van der Waals surface area (Å²) in [6.07, 6.45) is 3.77. The lowest BCUT2D eigenvalue weighted by Crippen LogP contribution is -2.02. The highest BCUT2D eigenvalue weighted by molar-refractivity contribution is 5.60. The minimum Gasteiger partial charge on any atom is -0.384 e. The fraction of sp³-hybridized carbons (Fsp3) is 0.417. The molecule has 0 saturated carbocycles. The first-order valence-corrected chi connectivity index (χ1v) is 5.77. The number of hydrogen-bond acceptors (Lipinski definition) is 4. The quantitative estimate of drug-likeness (QED) is 0.877. The standard InChI is InChI=1S/C12H17N5/c1-4-17-7-9(6-14-17)10-5-11(13)16-12(15-10)8(2)3/h5-8H,4H2,1-3H3,(H2,13,15,16). The second-order valence-electron chi connectivity index (χ2n) is 4.28. The highest BCUT2D eigenvalue weighted by atomic mass is 15.3. The predicted molar refractivity (Wildman–Crippen MR) is 67.4 cm³/mol. The van der Waals surface area contributed by atoms with Gasteiger partial charge in [0.2, 0.25) is 0 Å². The Morgan fingerprint density at radius 1 is 1.35 bits per heavy atom. The second-order valence-corrected chi connectivity index (χ2v) is 4.28. The molecule has 0 unspecified atom stereocenters. The van der Waals surface area contributed by atoms with Crippen LogP contribution in [-0.4, -0.2) is 19.7 Å². The van der Waals surface area contributed by atoms with E-state index in [1.165, 1.54) is 0 Å². The maximum atomic E-state index is 5.80. The smallest absolute Gasteiger partial charge is 0.133 e. The molecule has 0 atom stereocenters. The minimum absolute atomic E-state index is 0.262. The van der Waals surface area contributed by atoms with Gasteiger partial charge in [0.25, 0.3) is 0 Å². The van der Waals surface area contributed by atoms with Gasteiger partial charge in [0, 0.05) is 30.3 Å². The molecular formula is C12H17N5. The number of nitrogen functional groups attached to an aromatic ring is 1. The topological polar surface area (TPSA) is 69.6 Å². The Balaban J connectivity index is 2.44. The third kappa shape index (κ3) is 2.43. The molecule has 0 spiro atoms. The molecule has 0 amide bonds. The number of hydrogen-bond donors (Lipinski definition) is 1. The zero-order valence-corrected chi connectivity index (χ0v) is 10.4. The molecule has 0 saturated heterocycles. The van der Waals surface area contributed by atoms with E-state index in [2.05, 4.69) is 15.1 Å². The van der Waals surface area contributed by atoms with E-state index in [0.717, 1.165) is 23.6 Å². The van der Waals surface area contributed by atoms with E-state index >= 15 is 0 Å². The highest BCUT2D eigenvalue weighted by Crippen LogP contribution is 2.20. The van der Waals surface area contributed by atoms with Crippen LogP contribution in [0.25, 0.3) is 11.3 Å². The molecule has 17 heavy (non-hydrogen) atoms. The highest BCUT2D eigenvalue weighted by Gasteiger charge is 2.09. The van der Waals surface area contributed by atoms with Gasteiger partial charge in [0.05, 0.1) is 11.9 Å². The van der Waals surface area contributed by atoms with E-state index in [1.807, 2.05) is 31.6 Å². The van der Waals surface area contributed by atoms with Crippen LogP contribution in [0.1, 0.15) is 32.5 Å². The van der Waals surface area contributed by atoms with Gasteiger partial charge in [-0.3, -0.25) is 4.68 Å². The van der Waals surface area contributed by atoms with Gasteiger partial charge in [0.15, 0.2) is 0 Å². The monoisotopic (exact) mass is 231 g/mol. The number of aryl methyl sites for hydroxylation is 1. The van der Waals surface area contributed by atoms with Crippen LogP contribution < -0.4 is 5.73 Å². The Bertz CT molecular complexity index is 515. The van der Waals surface area contributed by atoms with Crippen molar-refractivity contribution >= 4 is 5.82 Å². The van der Waals surface area contributed by atoms with Crippen molar-refractivity contribution in [2.75, 3.05) is 5.73 Å². The van der Waals surface area contributed by atoms with E-state index in [0.29, 0.717) is 5.82 Å². The van der Waals surface area contributed by atoms with Gasteiger partial charge in [-0.2, -0.15) is 5.10 Å². The van der Waals surface area contributed by atoms with Crippen LogP contribution in [-0.2, 0) is 6.54 Å². The summed E-state index contributed by atoms with van der Waals surface area (Å²) in [5.74, 6) is 1.53. The molecule has 2 N–H and O–H groups in total. The lowest BCUT2D eigenvalue weighted by atomic mass is 10.2. The average molecular weight is 231 g/mol. The van der Waals surface area contributed by atoms with Crippen LogP contribution >= 0.6 is 0 Å². The van der Waals surface area contributed by atoms with Crippen molar-refractivity contribution in [1.82, 2.24) is 19.7 Å². The first-order chi connectivity index (χ1) is 8.10. The van der Waals surface area contributed by atoms with E-state index in [4.69, 9.17) is 5.73 Å². The summed E-state index contributed by atoms with van der Waals surface area (Å²) in [5, 5.41) is 4.23. The van der Waals surface area contributed by atoms with E-state index in [1.54, 1.807) is 12.3 Å². The molecule has 2 rings (SSSR count). The summed E-state index contributed by atoms with van der Waals surface area (Å²) in [6, 6.07) is 1.78. The van der Waals surface area contributed by atoms with Gasteiger partial charge in [-0.15, -0.1) is 0 Å². The fourth-order valence-corrected chi connectivity index (χ4v) is 1.56. The van der Waals surface area contributed by atoms with E-state index in [-0.39, 0.29) is 5.92 Å². The van der Waals surface area contributed by atoms with Gasteiger partial charge >= 0.3 is 0 Å². The van der Waals surface area contributed by atoms with Crippen LogP contribution in [0, 0.1) is 0 Å². The van der Waals surface area contributed by atoms with Crippen LogP contribution in [0.2, 0.25) is 0 Å². The maximum absolute atomic E-state index is 5.80. The third-order valence-electron chi connectivity index (χ3n) is 2.53. The SMILES string of the molecule is CCn1cc(-c2cc(N)nc(C(C)C)n2)cn1. The molecule has 90 valence electrons. The van der Waals surface area contributed by atoms with Crippen molar-refractivity contribution in [3.05, 3.63) is 24.3 Å². The third-order valence-corrected chi connectivity index (χ3v) is 2.53. The van der Waals surface area contributed by atoms with Gasteiger partial charge in [-0.25, -0.2) is 9.97 Å². The summed E-state index contributed by atoms with van der Waals surface area (Å²) in [6.45, 7) is 6.99. The van der Waals surface area contributed by atoms with Crippen LogP contribution in [0.3, 0.4) is 0 Å². The lowest BCUT2D eigenvalue weighted by molar-refractivity contribution is 0.660. The van der Waals surface area contributed by atoms with Gasteiger partial charge in [-0.1, -0.05) is 13.8 Å². The molecule has 5 nitrogen and oxygen atoms in total. The first kappa shape index (κ1) is 11.6. The Hall–Kier alpha value is -1.91. The lowest BCUT2D eigenvalue weighted by Gasteiger charge is -2.06. The Morgan fingerprint density at radius 2 is 2.12 bits per heavy atom. The van der Waals surface area contributed by atoms with Crippen LogP contribution in [0.5, 0.6) is 0 Å². The summed E-state index contributed by atoms with van der Waals surface area (Å²) in [5.41, 5.74) is 7.60. The molecule has 0 bridgehead atoms. The van der Waals surface area contributed by atoms with Crippen molar-refractivity contribution in [3.8, 4) is 11.3 Å². The van der Waals surface area contributed by atoms with E-state index in [9.17, 15) is 0 Å². The molecule has 0 aliphatic carbocycles. The summed E-state index contributed by atoms with van der Waals surface area (Å²) < 4.78 is 1.86. The largest absolute Gasteiger partial charge is 0.384 e. The molecular weight excluding hydrogens is 214 g/mol. The molecule has 2 aromatic rings. The Kier molecular flexibility index (Phi) is 3.08. The fourth-order valence-electron chi connectivity index (χ4n) is 1.56. The average Bonchev–Trinajstić information content (AvgIpc) is 2.76. The predicted octanol–water partition coefficient (Wildman–Crippen LogP) is 2.07. The summed E-state index contributed by atoms with van der Waals surface area (Å²) in [7, 11) is 0. The number of rotatable bonds is 3. The minimum atomic E-state index is 0.262. The Morgan fingerprint density at radius 3 is 2.71 bits per heavy atom. The molecule has 0 radical (unpaired) electrons. The van der Waals surface area contributed by atoms with Crippen LogP contribution in [0.15, 0.2) is 18.5 Å². The normalized spacial score (nSPS) is 11.1. The number of nitrogens with two attached hydrogens (primary N) is 1. The van der Waals surface area contributed by atoms with Gasteiger partial charge in [0.1, 0.15) is 11.6 Å². The van der Waals surface area contributed by atoms with Crippen molar-refractivity contribution in [3.63, 3.8) is 0 Å². The molecule has 0 fully saturated rings. The molecule has 5 heteroatoms. The van der Waals surface area contributed by atoms with Crippen molar-refractivity contribution in [2.45, 2.75) is 33.2 Å². The Labute approximate surface area is 101 Å². The molecule has 2 aromatic heterocycles. The van der Waals surface area contributed by atoms with Crippen molar-refractivity contribution in [2.24, 2.45) is 0 Å². The number of aromatic nitrogens is 4. The molecule has 0 aromatic carbocycles. The zero-order chi connectivity index (χ0) is 12.4. The van der Waals surface area contributed by atoms with Crippen LogP contribution in [0.4, 0.5) is 5.82 Å². The number of nitrogens with zero attached hydrogens (tertiary/aromatic N) is 4.